The van der Waals surface area contributed by atoms with E-state index >= 15 is 0 Å². The minimum absolute atomic E-state index is 0.729. The molecule has 33 heavy (non-hydrogen) atoms. The number of H-pyrrole nitrogens is 1. The molecule has 0 atom stereocenters. The Kier molecular flexibility index (Phi) is 3.65. The number of benzene rings is 6. The van der Waals surface area contributed by atoms with Crippen LogP contribution in [0.15, 0.2) is 103 Å². The summed E-state index contributed by atoms with van der Waals surface area (Å²) in [6.45, 7) is 0. The molecule has 0 spiro atoms. The lowest BCUT2D eigenvalue weighted by Gasteiger charge is -2.15. The minimum atomic E-state index is 0.729. The van der Waals surface area contributed by atoms with E-state index in [9.17, 15) is 5.26 Å². The molecule has 0 aliphatic heterocycles. The molecule has 0 aliphatic carbocycles. The summed E-state index contributed by atoms with van der Waals surface area (Å²) in [6.07, 6.45) is 0. The van der Waals surface area contributed by atoms with E-state index in [-0.39, 0.29) is 0 Å². The van der Waals surface area contributed by atoms with E-state index in [2.05, 4.69) is 102 Å². The second kappa shape index (κ2) is 6.69. The van der Waals surface area contributed by atoms with Gasteiger partial charge in [0, 0.05) is 32.6 Å². The third kappa shape index (κ3) is 2.48. The number of nitrogens with zero attached hydrogens (tertiary/aromatic N) is 1. The Bertz CT molecular complexity index is 1930. The highest BCUT2D eigenvalue weighted by molar-refractivity contribution is 6.28. The SMILES string of the molecule is N#Cc1c2ccc3ccccc3c2c(-c2ccc3ccccc3c2)c2[nH]c3ccccc3c12. The quantitative estimate of drug-likeness (QED) is 0.267. The molecule has 7 aromatic rings. The van der Waals surface area contributed by atoms with Crippen LogP contribution in [0.25, 0.3) is 65.3 Å². The highest BCUT2D eigenvalue weighted by Gasteiger charge is 2.21. The number of aromatic amines is 1. The zero-order chi connectivity index (χ0) is 21.9. The molecule has 0 saturated heterocycles. The molecule has 0 amide bonds. The Hall–Kier alpha value is -4.61. The van der Waals surface area contributed by atoms with Gasteiger partial charge in [-0.1, -0.05) is 91.0 Å². The topological polar surface area (TPSA) is 39.6 Å². The molecule has 1 heterocycles. The average Bonchev–Trinajstić information content (AvgIpc) is 3.26. The molecule has 0 bridgehead atoms. The van der Waals surface area contributed by atoms with Crippen molar-refractivity contribution in [1.29, 1.82) is 5.26 Å². The summed E-state index contributed by atoms with van der Waals surface area (Å²) in [5.41, 5.74) is 5.10. The molecule has 0 fully saturated rings. The zero-order valence-electron chi connectivity index (χ0n) is 17.8. The highest BCUT2D eigenvalue weighted by atomic mass is 14.7. The van der Waals surface area contributed by atoms with Crippen molar-refractivity contribution in [2.45, 2.75) is 0 Å². The zero-order valence-corrected chi connectivity index (χ0v) is 17.8. The fourth-order valence-electron chi connectivity index (χ4n) is 5.35. The maximum Gasteiger partial charge on any atom is 0.101 e. The van der Waals surface area contributed by atoms with Crippen LogP contribution < -0.4 is 0 Å². The van der Waals surface area contributed by atoms with Gasteiger partial charge in [0.05, 0.1) is 11.1 Å². The third-order valence-corrected chi connectivity index (χ3v) is 6.80. The maximum absolute atomic E-state index is 10.3. The lowest BCUT2D eigenvalue weighted by atomic mass is 9.88. The molecule has 2 nitrogen and oxygen atoms in total. The monoisotopic (exact) mass is 418 g/mol. The molecule has 2 heteroatoms. The number of nitriles is 1. The van der Waals surface area contributed by atoms with Gasteiger partial charge in [0.25, 0.3) is 0 Å². The van der Waals surface area contributed by atoms with Crippen molar-refractivity contribution in [3.8, 4) is 17.2 Å². The van der Waals surface area contributed by atoms with Gasteiger partial charge in [0.15, 0.2) is 0 Å². The van der Waals surface area contributed by atoms with Crippen molar-refractivity contribution in [3.05, 3.63) is 109 Å². The van der Waals surface area contributed by atoms with Gasteiger partial charge in [0.2, 0.25) is 0 Å². The summed E-state index contributed by atoms with van der Waals surface area (Å²) in [5, 5.41) is 19.3. The van der Waals surface area contributed by atoms with E-state index < -0.39 is 0 Å². The predicted molar refractivity (Wildman–Crippen MR) is 138 cm³/mol. The van der Waals surface area contributed by atoms with Gasteiger partial charge in [-0.25, -0.2) is 0 Å². The van der Waals surface area contributed by atoms with Crippen LogP contribution in [0.1, 0.15) is 5.56 Å². The van der Waals surface area contributed by atoms with Gasteiger partial charge in [-0.15, -0.1) is 0 Å². The summed E-state index contributed by atoms with van der Waals surface area (Å²) in [5.74, 6) is 0. The van der Waals surface area contributed by atoms with Crippen molar-refractivity contribution >= 4 is 54.1 Å². The number of nitrogens with one attached hydrogen (secondary N) is 1. The van der Waals surface area contributed by atoms with Crippen LogP contribution in [-0.2, 0) is 0 Å². The molecule has 152 valence electrons. The van der Waals surface area contributed by atoms with Crippen molar-refractivity contribution in [2.75, 3.05) is 0 Å². The first-order valence-corrected chi connectivity index (χ1v) is 11.1. The van der Waals surface area contributed by atoms with Gasteiger partial charge in [-0.2, -0.15) is 5.26 Å². The van der Waals surface area contributed by atoms with Crippen LogP contribution in [0.3, 0.4) is 0 Å². The van der Waals surface area contributed by atoms with Crippen molar-refractivity contribution in [2.24, 2.45) is 0 Å². The van der Waals surface area contributed by atoms with Crippen LogP contribution in [0.5, 0.6) is 0 Å². The molecular formula is C31H18N2. The largest absolute Gasteiger partial charge is 0.354 e. The minimum Gasteiger partial charge on any atom is -0.354 e. The predicted octanol–water partition coefficient (Wildman–Crippen LogP) is 8.32. The Morgan fingerprint density at radius 1 is 0.576 bits per heavy atom. The van der Waals surface area contributed by atoms with E-state index in [0.717, 1.165) is 54.7 Å². The van der Waals surface area contributed by atoms with E-state index in [0.29, 0.717) is 0 Å². The summed E-state index contributed by atoms with van der Waals surface area (Å²) in [4.78, 5) is 3.67. The normalized spacial score (nSPS) is 11.6. The second-order valence-electron chi connectivity index (χ2n) is 8.55. The van der Waals surface area contributed by atoms with Crippen LogP contribution in [0.4, 0.5) is 0 Å². The van der Waals surface area contributed by atoms with Crippen LogP contribution in [0, 0.1) is 11.3 Å². The molecule has 1 aromatic heterocycles. The number of para-hydroxylation sites is 1. The Morgan fingerprint density at radius 3 is 2.12 bits per heavy atom. The van der Waals surface area contributed by atoms with Gasteiger partial charge in [0.1, 0.15) is 6.07 Å². The first-order chi connectivity index (χ1) is 16.3. The maximum atomic E-state index is 10.3. The van der Waals surface area contributed by atoms with Crippen molar-refractivity contribution in [3.63, 3.8) is 0 Å². The van der Waals surface area contributed by atoms with E-state index in [1.165, 1.54) is 16.2 Å². The average molecular weight is 418 g/mol. The van der Waals surface area contributed by atoms with Gasteiger partial charge in [-0.05, 0) is 39.2 Å². The molecule has 6 aromatic carbocycles. The van der Waals surface area contributed by atoms with Crippen molar-refractivity contribution in [1.82, 2.24) is 4.98 Å². The second-order valence-corrected chi connectivity index (χ2v) is 8.55. The lowest BCUT2D eigenvalue weighted by Crippen LogP contribution is -1.91. The number of aromatic nitrogens is 1. The Labute approximate surface area is 190 Å². The smallest absolute Gasteiger partial charge is 0.101 e. The number of rotatable bonds is 1. The summed E-state index contributed by atoms with van der Waals surface area (Å²) in [6, 6.07) is 38.6. The van der Waals surface area contributed by atoms with E-state index in [4.69, 9.17) is 0 Å². The molecule has 0 unspecified atom stereocenters. The van der Waals surface area contributed by atoms with E-state index in [1.807, 2.05) is 12.1 Å². The number of hydrogen-bond donors (Lipinski definition) is 1. The molecule has 0 radical (unpaired) electrons. The van der Waals surface area contributed by atoms with E-state index in [1.54, 1.807) is 0 Å². The summed E-state index contributed by atoms with van der Waals surface area (Å²) >= 11 is 0. The molecular weight excluding hydrogens is 400 g/mol. The molecule has 0 aliphatic rings. The van der Waals surface area contributed by atoms with Gasteiger partial charge in [-0.3, -0.25) is 0 Å². The molecule has 1 N–H and O–H groups in total. The standard InChI is InChI=1S/C31H18N2/c32-18-26-24-16-15-20-8-3-4-10-23(20)29(24)28(22-14-13-19-7-1-2-9-21(19)17-22)31-30(26)25-11-5-6-12-27(25)33-31/h1-17,33H. The summed E-state index contributed by atoms with van der Waals surface area (Å²) < 4.78 is 0. The fourth-order valence-corrected chi connectivity index (χ4v) is 5.35. The van der Waals surface area contributed by atoms with Crippen LogP contribution >= 0.6 is 0 Å². The Balaban J connectivity index is 1.79. The Morgan fingerprint density at radius 2 is 1.27 bits per heavy atom. The first kappa shape index (κ1) is 18.0. The van der Waals surface area contributed by atoms with Crippen LogP contribution in [0.2, 0.25) is 0 Å². The fraction of sp³-hybridized carbons (Fsp3) is 0. The third-order valence-electron chi connectivity index (χ3n) is 6.80. The highest BCUT2D eigenvalue weighted by Crippen LogP contribution is 2.44. The number of fused-ring (bicyclic) bond motifs is 7. The number of hydrogen-bond acceptors (Lipinski definition) is 1. The lowest BCUT2D eigenvalue weighted by molar-refractivity contribution is 1.51. The van der Waals surface area contributed by atoms with Gasteiger partial charge < -0.3 is 4.98 Å². The van der Waals surface area contributed by atoms with Crippen molar-refractivity contribution < 1.29 is 0 Å². The molecule has 7 rings (SSSR count). The molecule has 0 saturated carbocycles. The summed E-state index contributed by atoms with van der Waals surface area (Å²) in [7, 11) is 0. The first-order valence-electron chi connectivity index (χ1n) is 11.1. The van der Waals surface area contributed by atoms with Gasteiger partial charge >= 0.3 is 0 Å². The van der Waals surface area contributed by atoms with Crippen LogP contribution in [-0.4, -0.2) is 4.98 Å².